The molecule has 5 aliphatic rings. The minimum atomic E-state index is -1.38. The third-order valence-electron chi connectivity index (χ3n) is 8.92. The van der Waals surface area contributed by atoms with Crippen molar-refractivity contribution in [3.8, 4) is 0 Å². The maximum atomic E-state index is 12.8. The van der Waals surface area contributed by atoms with Gasteiger partial charge in [-0.15, -0.1) is 0 Å². The maximum absolute atomic E-state index is 12.8. The summed E-state index contributed by atoms with van der Waals surface area (Å²) < 4.78 is 5.55. The SMILES string of the molecule is C=C1C[C@]23C[C@H]1CC[C@H]2[C@]12COC(=O)[C@@](C)([C@@H](O)[C@@H](O)C1)[C@H]2[C@@H]3C(=O)O. The number of hydrogen-bond acceptors (Lipinski definition) is 5. The smallest absolute Gasteiger partial charge is 0.314 e. The normalized spacial score (nSPS) is 57.3. The number of aliphatic carboxylic acids is 1. The number of aliphatic hydroxyl groups is 2. The summed E-state index contributed by atoms with van der Waals surface area (Å²) in [5.74, 6) is -2.26. The van der Waals surface area contributed by atoms with Crippen LogP contribution in [0.4, 0.5) is 0 Å². The van der Waals surface area contributed by atoms with Gasteiger partial charge in [-0.3, -0.25) is 9.59 Å². The molecule has 26 heavy (non-hydrogen) atoms. The minimum absolute atomic E-state index is 0.0752. The summed E-state index contributed by atoms with van der Waals surface area (Å²) in [6.45, 7) is 5.98. The molecular formula is C20H26O6. The van der Waals surface area contributed by atoms with Gasteiger partial charge in [0.1, 0.15) is 0 Å². The summed E-state index contributed by atoms with van der Waals surface area (Å²) in [5.41, 5.74) is -1.26. The van der Waals surface area contributed by atoms with Crippen molar-refractivity contribution in [3.63, 3.8) is 0 Å². The molecule has 9 atom stereocenters. The first-order valence-corrected chi connectivity index (χ1v) is 9.62. The Labute approximate surface area is 152 Å². The number of cyclic esters (lactones) is 1. The number of hydrogen-bond donors (Lipinski definition) is 3. The predicted octanol–water partition coefficient (Wildman–Crippen LogP) is 1.35. The van der Waals surface area contributed by atoms with Crippen molar-refractivity contribution in [2.75, 3.05) is 6.61 Å². The largest absolute Gasteiger partial charge is 0.481 e. The second-order valence-electron chi connectivity index (χ2n) is 9.70. The molecule has 1 heterocycles. The molecule has 142 valence electrons. The van der Waals surface area contributed by atoms with Crippen LogP contribution in [0.25, 0.3) is 0 Å². The zero-order valence-electron chi connectivity index (χ0n) is 15.0. The van der Waals surface area contributed by atoms with E-state index in [1.165, 1.54) is 0 Å². The van der Waals surface area contributed by atoms with E-state index in [0.29, 0.717) is 18.8 Å². The molecule has 4 aliphatic carbocycles. The van der Waals surface area contributed by atoms with Crippen LogP contribution in [0.2, 0.25) is 0 Å². The fourth-order valence-electron chi connectivity index (χ4n) is 8.20. The lowest BCUT2D eigenvalue weighted by Gasteiger charge is -2.58. The van der Waals surface area contributed by atoms with E-state index in [0.717, 1.165) is 24.8 Å². The molecule has 3 N–H and O–H groups in total. The van der Waals surface area contributed by atoms with Gasteiger partial charge < -0.3 is 20.1 Å². The summed E-state index contributed by atoms with van der Waals surface area (Å²) in [4.78, 5) is 25.3. The van der Waals surface area contributed by atoms with Crippen molar-refractivity contribution in [1.82, 2.24) is 0 Å². The van der Waals surface area contributed by atoms with Gasteiger partial charge in [-0.1, -0.05) is 12.2 Å². The van der Waals surface area contributed by atoms with E-state index in [4.69, 9.17) is 4.74 Å². The molecule has 5 rings (SSSR count). The van der Waals surface area contributed by atoms with Gasteiger partial charge in [0.15, 0.2) is 0 Å². The number of aliphatic hydroxyl groups excluding tert-OH is 2. The molecule has 4 bridgehead atoms. The average molecular weight is 362 g/mol. The van der Waals surface area contributed by atoms with Crippen LogP contribution in [0, 0.1) is 39.9 Å². The number of esters is 1. The second-order valence-corrected chi connectivity index (χ2v) is 9.70. The number of rotatable bonds is 1. The Kier molecular flexibility index (Phi) is 3.03. The highest BCUT2D eigenvalue weighted by Crippen LogP contribution is 2.78. The molecule has 1 saturated heterocycles. The van der Waals surface area contributed by atoms with Crippen molar-refractivity contribution >= 4 is 11.9 Å². The van der Waals surface area contributed by atoms with Crippen LogP contribution in [-0.4, -0.2) is 46.1 Å². The van der Waals surface area contributed by atoms with Crippen LogP contribution in [0.3, 0.4) is 0 Å². The monoisotopic (exact) mass is 362 g/mol. The zero-order valence-corrected chi connectivity index (χ0v) is 15.0. The highest BCUT2D eigenvalue weighted by molar-refractivity contribution is 5.83. The van der Waals surface area contributed by atoms with Crippen LogP contribution < -0.4 is 0 Å². The van der Waals surface area contributed by atoms with Gasteiger partial charge in [0.05, 0.1) is 30.1 Å². The summed E-state index contributed by atoms with van der Waals surface area (Å²) in [6.07, 6.45) is 1.30. The van der Waals surface area contributed by atoms with E-state index in [-0.39, 0.29) is 12.5 Å². The second kappa shape index (κ2) is 4.71. The Hall–Kier alpha value is -1.40. The summed E-state index contributed by atoms with van der Waals surface area (Å²) in [7, 11) is 0. The molecule has 4 saturated carbocycles. The Bertz CT molecular complexity index is 732. The first-order chi connectivity index (χ1) is 12.2. The lowest BCUT2D eigenvalue weighted by atomic mass is 9.49. The van der Waals surface area contributed by atoms with Gasteiger partial charge in [0.2, 0.25) is 0 Å². The van der Waals surface area contributed by atoms with E-state index in [9.17, 15) is 24.9 Å². The molecule has 6 nitrogen and oxygen atoms in total. The third kappa shape index (κ3) is 1.55. The lowest BCUT2D eigenvalue weighted by molar-refractivity contribution is -0.241. The molecule has 1 aliphatic heterocycles. The Balaban J connectivity index is 1.77. The number of carbonyl (C=O) groups excluding carboxylic acids is 1. The van der Waals surface area contributed by atoms with Crippen LogP contribution in [0.15, 0.2) is 12.2 Å². The van der Waals surface area contributed by atoms with Crippen molar-refractivity contribution in [3.05, 3.63) is 12.2 Å². The molecule has 0 unspecified atom stereocenters. The number of allylic oxidation sites excluding steroid dienone is 1. The topological polar surface area (TPSA) is 104 Å². The predicted molar refractivity (Wildman–Crippen MR) is 89.8 cm³/mol. The number of carbonyl (C=O) groups is 2. The fraction of sp³-hybridized carbons (Fsp3) is 0.800. The summed E-state index contributed by atoms with van der Waals surface area (Å²) in [5, 5.41) is 31.6. The Morgan fingerprint density at radius 1 is 1.23 bits per heavy atom. The van der Waals surface area contributed by atoms with Gasteiger partial charge in [-0.2, -0.15) is 0 Å². The van der Waals surface area contributed by atoms with Gasteiger partial charge in [0.25, 0.3) is 0 Å². The zero-order chi connectivity index (χ0) is 18.6. The van der Waals surface area contributed by atoms with E-state index in [2.05, 4.69) is 6.58 Å². The van der Waals surface area contributed by atoms with Gasteiger partial charge in [0, 0.05) is 11.3 Å². The van der Waals surface area contributed by atoms with Crippen LogP contribution in [0.1, 0.15) is 39.0 Å². The van der Waals surface area contributed by atoms with Crippen LogP contribution in [0.5, 0.6) is 0 Å². The Morgan fingerprint density at radius 3 is 2.65 bits per heavy atom. The van der Waals surface area contributed by atoms with Crippen molar-refractivity contribution in [1.29, 1.82) is 0 Å². The molecule has 6 heteroatoms. The quantitative estimate of drug-likeness (QED) is 0.481. The highest BCUT2D eigenvalue weighted by Gasteiger charge is 2.80. The van der Waals surface area contributed by atoms with Gasteiger partial charge in [-0.05, 0) is 56.3 Å². The molecular weight excluding hydrogens is 336 g/mol. The van der Waals surface area contributed by atoms with Crippen molar-refractivity contribution < 1.29 is 29.6 Å². The van der Waals surface area contributed by atoms with E-state index >= 15 is 0 Å². The van der Waals surface area contributed by atoms with Gasteiger partial charge in [-0.25, -0.2) is 0 Å². The van der Waals surface area contributed by atoms with E-state index in [1.54, 1.807) is 6.92 Å². The summed E-state index contributed by atoms with van der Waals surface area (Å²) in [6, 6.07) is 0. The van der Waals surface area contributed by atoms with Gasteiger partial charge >= 0.3 is 11.9 Å². The highest BCUT2D eigenvalue weighted by atomic mass is 16.5. The molecule has 5 fully saturated rings. The molecule has 0 amide bonds. The molecule has 0 aromatic heterocycles. The molecule has 0 aromatic carbocycles. The first kappa shape index (κ1) is 16.8. The number of fused-ring (bicyclic) bond motifs is 1. The number of ether oxygens (including phenoxy) is 1. The number of carboxylic acids is 1. The molecule has 0 radical (unpaired) electrons. The van der Waals surface area contributed by atoms with E-state index in [1.807, 2.05) is 0 Å². The van der Waals surface area contributed by atoms with Crippen molar-refractivity contribution in [2.24, 2.45) is 39.9 Å². The lowest BCUT2D eigenvalue weighted by Crippen LogP contribution is -2.67. The average Bonchev–Trinajstić information content (AvgIpc) is 2.98. The Morgan fingerprint density at radius 2 is 1.96 bits per heavy atom. The number of carboxylic acid groups (broad SMARTS) is 1. The summed E-state index contributed by atoms with van der Waals surface area (Å²) >= 11 is 0. The standard InChI is InChI=1S/C20H26O6/c1-9-5-19-6-10(9)3-4-12(19)20-7-11(21)15(22)18(2,17(25)26-8-20)14(20)13(19)16(23)24/h10-15,21-22H,1,3-8H2,2H3,(H,23,24)/t10-,11+,12-,13-,14-,15+,18-,19+,20-/m1/s1. The maximum Gasteiger partial charge on any atom is 0.314 e. The molecule has 1 spiro atoms. The molecule has 0 aromatic rings. The van der Waals surface area contributed by atoms with Crippen molar-refractivity contribution in [2.45, 2.75) is 51.2 Å². The minimum Gasteiger partial charge on any atom is -0.481 e. The fourth-order valence-corrected chi connectivity index (χ4v) is 8.20. The van der Waals surface area contributed by atoms with Crippen LogP contribution >= 0.6 is 0 Å². The third-order valence-corrected chi connectivity index (χ3v) is 8.92. The van der Waals surface area contributed by atoms with Crippen LogP contribution in [-0.2, 0) is 14.3 Å². The first-order valence-electron chi connectivity index (χ1n) is 9.62. The van der Waals surface area contributed by atoms with E-state index < -0.39 is 52.2 Å².